The molecule has 3 heteroatoms. The molecule has 1 aromatic carbocycles. The zero-order chi connectivity index (χ0) is 7.84. The lowest BCUT2D eigenvalue weighted by Crippen LogP contribution is -2.38. The average molecular weight is 146 g/mol. The van der Waals surface area contributed by atoms with Crippen molar-refractivity contribution in [1.29, 1.82) is 0 Å². The highest BCUT2D eigenvalue weighted by molar-refractivity contribution is 6.19. The fraction of sp³-hybridized carbons (Fsp3) is 0. The number of aliphatic imine (C=N–C) groups is 1. The number of amidine groups is 2. The van der Waals surface area contributed by atoms with E-state index in [2.05, 4.69) is 4.99 Å². The van der Waals surface area contributed by atoms with E-state index in [1.54, 1.807) is 0 Å². The van der Waals surface area contributed by atoms with Crippen LogP contribution in [0.3, 0.4) is 0 Å². The van der Waals surface area contributed by atoms with Gasteiger partial charge in [-0.1, -0.05) is 12.1 Å². The van der Waals surface area contributed by atoms with E-state index >= 15 is 0 Å². The Bertz CT molecular complexity index is 352. The van der Waals surface area contributed by atoms with Gasteiger partial charge in [-0.3, -0.25) is 5.41 Å². The molecule has 1 aliphatic rings. The van der Waals surface area contributed by atoms with Gasteiger partial charge in [-0.05, 0) is 17.1 Å². The van der Waals surface area contributed by atoms with Crippen LogP contribution in [0.25, 0.3) is 0 Å². The number of hydrogen-bond donors (Lipinski definition) is 2. The van der Waals surface area contributed by atoms with Gasteiger partial charge in [-0.25, -0.2) is 0 Å². The van der Waals surface area contributed by atoms with Crippen LogP contribution < -0.4 is 11.1 Å². The summed E-state index contributed by atoms with van der Waals surface area (Å²) in [7, 11) is 0. The summed E-state index contributed by atoms with van der Waals surface area (Å²) >= 11 is 0. The summed E-state index contributed by atoms with van der Waals surface area (Å²) in [6.45, 7) is 0. The van der Waals surface area contributed by atoms with Gasteiger partial charge in [0.25, 0.3) is 0 Å². The minimum Gasteiger partial charge on any atom is -0.362 e. The zero-order valence-corrected chi connectivity index (χ0v) is 5.91. The van der Waals surface area contributed by atoms with Crippen molar-refractivity contribution in [3.8, 4) is 0 Å². The van der Waals surface area contributed by atoms with E-state index in [0.717, 1.165) is 11.1 Å². The second-order valence-electron chi connectivity index (χ2n) is 2.43. The van der Waals surface area contributed by atoms with Crippen LogP contribution in [0.4, 0.5) is 0 Å². The fourth-order valence-electron chi connectivity index (χ4n) is 1.18. The van der Waals surface area contributed by atoms with Crippen LogP contribution in [0, 0.1) is 0 Å². The Hall–Kier alpha value is -1.64. The first-order valence-electron chi connectivity index (χ1n) is 3.35. The van der Waals surface area contributed by atoms with Crippen LogP contribution >= 0.6 is 0 Å². The minimum absolute atomic E-state index is 0.512. The third-order valence-electron chi connectivity index (χ3n) is 1.72. The largest absolute Gasteiger partial charge is 0.362 e. The molecule has 0 atom stereocenters. The van der Waals surface area contributed by atoms with Crippen LogP contribution in [0.5, 0.6) is 0 Å². The lowest BCUT2D eigenvalue weighted by Gasteiger charge is -1.90. The van der Waals surface area contributed by atoms with Gasteiger partial charge in [-0.15, -0.1) is 0 Å². The molecule has 0 aliphatic carbocycles. The summed E-state index contributed by atoms with van der Waals surface area (Å²) in [5.41, 5.74) is 7.46. The Morgan fingerprint density at radius 3 is 2.45 bits per heavy atom. The van der Waals surface area contributed by atoms with Crippen LogP contribution in [0.15, 0.2) is 29.3 Å². The van der Waals surface area contributed by atoms with Gasteiger partial charge < -0.3 is 5.73 Å². The van der Waals surface area contributed by atoms with Crippen LogP contribution in [-0.2, 0) is 0 Å². The molecule has 0 aromatic heterocycles. The number of rotatable bonds is 0. The van der Waals surface area contributed by atoms with Crippen molar-refractivity contribution in [3.63, 3.8) is 0 Å². The van der Waals surface area contributed by atoms with Gasteiger partial charge in [0.2, 0.25) is 5.84 Å². The maximum Gasteiger partial charge on any atom is 0.324 e. The normalized spacial score (nSPS) is 14.5. The first-order valence-corrected chi connectivity index (χ1v) is 3.35. The van der Waals surface area contributed by atoms with E-state index in [0.29, 0.717) is 11.7 Å². The van der Waals surface area contributed by atoms with Crippen molar-refractivity contribution in [2.24, 2.45) is 10.7 Å². The average Bonchev–Trinajstić information content (AvgIpc) is 2.30. The molecule has 0 radical (unpaired) electrons. The van der Waals surface area contributed by atoms with E-state index in [1.807, 2.05) is 24.3 Å². The predicted octanol–water partition coefficient (Wildman–Crippen LogP) is -1.09. The number of fused-ring (bicyclic) bond motifs is 1. The summed E-state index contributed by atoms with van der Waals surface area (Å²) in [4.78, 5) is 3.95. The third-order valence-corrected chi connectivity index (χ3v) is 1.72. The second-order valence-corrected chi connectivity index (χ2v) is 2.43. The quantitative estimate of drug-likeness (QED) is 0.480. The second kappa shape index (κ2) is 1.92. The molecule has 0 bridgehead atoms. The molecular formula is C8H8N3+. The predicted molar refractivity (Wildman–Crippen MR) is 43.2 cm³/mol. The SMILES string of the molecule is NC1=NC(=[NH2+])c2ccccc21. The number of hydrogen-bond acceptors (Lipinski definition) is 1. The molecule has 4 N–H and O–H groups in total. The van der Waals surface area contributed by atoms with Gasteiger partial charge in [0.05, 0.1) is 11.1 Å². The van der Waals surface area contributed by atoms with Crippen molar-refractivity contribution >= 4 is 11.7 Å². The lowest BCUT2D eigenvalue weighted by atomic mass is 10.1. The molecule has 1 aromatic rings. The molecule has 0 saturated carbocycles. The summed E-state index contributed by atoms with van der Waals surface area (Å²) < 4.78 is 0. The molecule has 0 unspecified atom stereocenters. The van der Waals surface area contributed by atoms with Crippen molar-refractivity contribution < 1.29 is 5.41 Å². The van der Waals surface area contributed by atoms with Gasteiger partial charge in [-0.2, -0.15) is 0 Å². The van der Waals surface area contributed by atoms with Gasteiger partial charge in [0.15, 0.2) is 0 Å². The Morgan fingerprint density at radius 2 is 1.82 bits per heavy atom. The van der Waals surface area contributed by atoms with Gasteiger partial charge in [0, 0.05) is 0 Å². The first-order chi connectivity index (χ1) is 5.29. The van der Waals surface area contributed by atoms with Gasteiger partial charge >= 0.3 is 5.84 Å². The van der Waals surface area contributed by atoms with Crippen LogP contribution in [-0.4, -0.2) is 11.7 Å². The summed E-state index contributed by atoms with van der Waals surface area (Å²) in [6, 6.07) is 7.65. The van der Waals surface area contributed by atoms with Crippen LogP contribution in [0.1, 0.15) is 11.1 Å². The van der Waals surface area contributed by atoms with Gasteiger partial charge in [0.1, 0.15) is 0 Å². The summed E-state index contributed by atoms with van der Waals surface area (Å²) in [5, 5.41) is 5.59. The summed E-state index contributed by atoms with van der Waals surface area (Å²) in [6.07, 6.45) is 0. The molecule has 0 fully saturated rings. The standard InChI is InChI=1S/C8H7N3/c9-7-5-3-1-2-4-6(5)8(10)11-7/h1-4H,(H3,9,10,11)/p+1. The highest BCUT2D eigenvalue weighted by Gasteiger charge is 2.24. The summed E-state index contributed by atoms with van der Waals surface area (Å²) in [5.74, 6) is 1.02. The first kappa shape index (κ1) is 6.09. The van der Waals surface area contributed by atoms with Crippen molar-refractivity contribution in [3.05, 3.63) is 35.4 Å². The Morgan fingerprint density at radius 1 is 1.18 bits per heavy atom. The van der Waals surface area contributed by atoms with E-state index in [4.69, 9.17) is 11.1 Å². The topological polar surface area (TPSA) is 64.0 Å². The molecule has 3 nitrogen and oxygen atoms in total. The molecule has 1 heterocycles. The molecule has 0 spiro atoms. The van der Waals surface area contributed by atoms with E-state index < -0.39 is 0 Å². The Labute approximate surface area is 64.1 Å². The highest BCUT2D eigenvalue weighted by atomic mass is 14.9. The molecule has 0 amide bonds. The minimum atomic E-state index is 0.512. The lowest BCUT2D eigenvalue weighted by molar-refractivity contribution is -0.113. The molecular weight excluding hydrogens is 138 g/mol. The van der Waals surface area contributed by atoms with Crippen molar-refractivity contribution in [2.75, 3.05) is 0 Å². The fourth-order valence-corrected chi connectivity index (χ4v) is 1.18. The zero-order valence-electron chi connectivity index (χ0n) is 5.91. The maximum absolute atomic E-state index is 5.59. The monoisotopic (exact) mass is 146 g/mol. The molecule has 2 rings (SSSR count). The molecule has 0 saturated heterocycles. The number of benzene rings is 1. The Balaban J connectivity index is 2.71. The van der Waals surface area contributed by atoms with Crippen molar-refractivity contribution in [2.45, 2.75) is 0 Å². The maximum atomic E-state index is 5.59. The van der Waals surface area contributed by atoms with E-state index in [9.17, 15) is 0 Å². The third kappa shape index (κ3) is 0.741. The number of nitrogens with zero attached hydrogens (tertiary/aromatic N) is 1. The Kier molecular flexibility index (Phi) is 1.06. The number of nitrogens with two attached hydrogens (primary N) is 2. The van der Waals surface area contributed by atoms with E-state index in [-0.39, 0.29) is 0 Å². The molecule has 11 heavy (non-hydrogen) atoms. The van der Waals surface area contributed by atoms with E-state index in [1.165, 1.54) is 0 Å². The van der Waals surface area contributed by atoms with Crippen LogP contribution in [0.2, 0.25) is 0 Å². The van der Waals surface area contributed by atoms with Crippen molar-refractivity contribution in [1.82, 2.24) is 0 Å². The molecule has 1 aliphatic heterocycles. The highest BCUT2D eigenvalue weighted by Crippen LogP contribution is 2.13. The molecule has 54 valence electrons. The smallest absolute Gasteiger partial charge is 0.324 e.